The van der Waals surface area contributed by atoms with Crippen molar-refractivity contribution in [3.05, 3.63) is 33.6 Å². The highest BCUT2D eigenvalue weighted by atomic mass is 19.1. The second-order valence-corrected chi connectivity index (χ2v) is 4.40. The molecule has 0 unspecified atom stereocenters. The Morgan fingerprint density at radius 3 is 2.56 bits per heavy atom. The van der Waals surface area contributed by atoms with Gasteiger partial charge in [-0.3, -0.25) is 10.1 Å². The summed E-state index contributed by atoms with van der Waals surface area (Å²) in [5, 5.41) is 19.9. The van der Waals surface area contributed by atoms with Crippen LogP contribution in [-0.2, 0) is 6.61 Å². The van der Waals surface area contributed by atoms with E-state index in [9.17, 15) is 14.5 Å². The summed E-state index contributed by atoms with van der Waals surface area (Å²) in [6, 6.07) is 2.29. The Morgan fingerprint density at radius 1 is 1.33 bits per heavy atom. The van der Waals surface area contributed by atoms with Crippen molar-refractivity contribution in [2.75, 3.05) is 18.0 Å². The number of nitro benzene ring substituents is 1. The minimum Gasteiger partial charge on any atom is -0.391 e. The van der Waals surface area contributed by atoms with Crippen LogP contribution in [0.1, 0.15) is 24.8 Å². The number of nitrogens with zero attached hydrogens (tertiary/aromatic N) is 2. The number of nitro groups is 1. The number of anilines is 1. The molecule has 1 aromatic rings. The van der Waals surface area contributed by atoms with Gasteiger partial charge in [-0.1, -0.05) is 0 Å². The van der Waals surface area contributed by atoms with E-state index in [4.69, 9.17) is 5.11 Å². The van der Waals surface area contributed by atoms with Crippen molar-refractivity contribution in [2.24, 2.45) is 0 Å². The van der Waals surface area contributed by atoms with Gasteiger partial charge in [0.1, 0.15) is 0 Å². The average Bonchev–Trinajstić information content (AvgIpc) is 2.39. The zero-order chi connectivity index (χ0) is 13.1. The summed E-state index contributed by atoms with van der Waals surface area (Å²) in [5.41, 5.74) is 0.141. The first-order chi connectivity index (χ1) is 8.63. The van der Waals surface area contributed by atoms with Crippen LogP contribution in [0.15, 0.2) is 12.1 Å². The third-order valence-electron chi connectivity index (χ3n) is 3.21. The molecular weight excluding hydrogens is 239 g/mol. The van der Waals surface area contributed by atoms with Crippen LogP contribution in [0.4, 0.5) is 15.8 Å². The second kappa shape index (κ2) is 5.30. The van der Waals surface area contributed by atoms with Gasteiger partial charge in [-0.05, 0) is 25.3 Å². The van der Waals surface area contributed by atoms with Crippen molar-refractivity contribution >= 4 is 11.4 Å². The van der Waals surface area contributed by atoms with Crippen molar-refractivity contribution in [3.8, 4) is 0 Å². The molecule has 0 spiro atoms. The van der Waals surface area contributed by atoms with Gasteiger partial charge in [-0.25, -0.2) is 4.39 Å². The quantitative estimate of drug-likeness (QED) is 0.663. The molecule has 1 fully saturated rings. The van der Waals surface area contributed by atoms with E-state index in [1.807, 2.05) is 4.90 Å². The first kappa shape index (κ1) is 12.8. The number of hydrogen-bond donors (Lipinski definition) is 1. The van der Waals surface area contributed by atoms with E-state index in [-0.39, 0.29) is 11.3 Å². The SMILES string of the molecule is O=[N+]([O-])c1cc(F)c(N2CCCCC2)cc1CO. The molecule has 1 heterocycles. The lowest BCUT2D eigenvalue weighted by Gasteiger charge is -2.29. The van der Waals surface area contributed by atoms with Gasteiger partial charge in [0.2, 0.25) is 0 Å². The molecule has 0 bridgehead atoms. The topological polar surface area (TPSA) is 66.6 Å². The summed E-state index contributed by atoms with van der Waals surface area (Å²) >= 11 is 0. The van der Waals surface area contributed by atoms with E-state index in [2.05, 4.69) is 0 Å². The largest absolute Gasteiger partial charge is 0.391 e. The van der Waals surface area contributed by atoms with Crippen LogP contribution in [0, 0.1) is 15.9 Å². The second-order valence-electron chi connectivity index (χ2n) is 4.40. The standard InChI is InChI=1S/C12H15FN2O3/c13-10-7-11(15(17)18)9(8-16)6-12(10)14-4-2-1-3-5-14/h6-7,16H,1-5,8H2. The Balaban J connectivity index is 2.39. The van der Waals surface area contributed by atoms with E-state index in [1.54, 1.807) is 0 Å². The molecule has 6 heteroatoms. The van der Waals surface area contributed by atoms with Crippen LogP contribution in [0.5, 0.6) is 0 Å². The minimum absolute atomic E-state index is 0.155. The van der Waals surface area contributed by atoms with E-state index in [0.29, 0.717) is 5.69 Å². The van der Waals surface area contributed by atoms with Crippen LogP contribution >= 0.6 is 0 Å². The maximum absolute atomic E-state index is 13.9. The molecule has 0 aliphatic carbocycles. The van der Waals surface area contributed by atoms with Gasteiger partial charge < -0.3 is 10.0 Å². The fourth-order valence-corrected chi connectivity index (χ4v) is 2.27. The maximum Gasteiger partial charge on any atom is 0.277 e. The third-order valence-corrected chi connectivity index (χ3v) is 3.21. The Morgan fingerprint density at radius 2 is 2.00 bits per heavy atom. The average molecular weight is 254 g/mol. The molecular formula is C12H15FN2O3. The normalized spacial score (nSPS) is 15.8. The number of hydrogen-bond acceptors (Lipinski definition) is 4. The summed E-state index contributed by atoms with van der Waals surface area (Å²) in [6.07, 6.45) is 3.10. The molecule has 1 aliphatic rings. The predicted octanol–water partition coefficient (Wildman–Crippen LogP) is 2.22. The van der Waals surface area contributed by atoms with E-state index in [1.165, 1.54) is 6.07 Å². The van der Waals surface area contributed by atoms with Gasteiger partial charge in [0.05, 0.1) is 28.8 Å². The number of aliphatic hydroxyl groups is 1. The molecule has 0 atom stereocenters. The monoisotopic (exact) mass is 254 g/mol. The van der Waals surface area contributed by atoms with Crippen molar-refractivity contribution < 1.29 is 14.4 Å². The molecule has 1 saturated heterocycles. The van der Waals surface area contributed by atoms with Crippen LogP contribution in [-0.4, -0.2) is 23.1 Å². The van der Waals surface area contributed by atoms with E-state index in [0.717, 1.165) is 38.4 Å². The van der Waals surface area contributed by atoms with Gasteiger partial charge in [0, 0.05) is 13.1 Å². The van der Waals surface area contributed by atoms with Crippen molar-refractivity contribution in [2.45, 2.75) is 25.9 Å². The first-order valence-corrected chi connectivity index (χ1v) is 5.96. The first-order valence-electron chi connectivity index (χ1n) is 5.96. The zero-order valence-electron chi connectivity index (χ0n) is 9.93. The summed E-state index contributed by atoms with van der Waals surface area (Å²) in [5.74, 6) is -0.596. The Hall–Kier alpha value is -1.69. The van der Waals surface area contributed by atoms with Crippen LogP contribution in [0.3, 0.4) is 0 Å². The molecule has 5 nitrogen and oxygen atoms in total. The van der Waals surface area contributed by atoms with E-state index >= 15 is 0 Å². The summed E-state index contributed by atoms with van der Waals surface area (Å²) in [7, 11) is 0. The highest BCUT2D eigenvalue weighted by Gasteiger charge is 2.21. The van der Waals surface area contributed by atoms with Crippen LogP contribution in [0.25, 0.3) is 0 Å². The molecule has 98 valence electrons. The van der Waals surface area contributed by atoms with Gasteiger partial charge in [-0.2, -0.15) is 0 Å². The van der Waals surface area contributed by atoms with Crippen molar-refractivity contribution in [1.82, 2.24) is 0 Å². The molecule has 1 aromatic carbocycles. The number of benzene rings is 1. The molecule has 0 saturated carbocycles. The fraction of sp³-hybridized carbons (Fsp3) is 0.500. The Kier molecular flexibility index (Phi) is 3.76. The molecule has 0 amide bonds. The fourth-order valence-electron chi connectivity index (χ4n) is 2.27. The summed E-state index contributed by atoms with van der Waals surface area (Å²) < 4.78 is 13.9. The van der Waals surface area contributed by atoms with Gasteiger partial charge in [-0.15, -0.1) is 0 Å². The maximum atomic E-state index is 13.9. The predicted molar refractivity (Wildman–Crippen MR) is 65.0 cm³/mol. The number of piperidine rings is 1. The Bertz CT molecular complexity index is 459. The molecule has 0 radical (unpaired) electrons. The lowest BCUT2D eigenvalue weighted by molar-refractivity contribution is -0.386. The molecule has 1 N–H and O–H groups in total. The van der Waals surface area contributed by atoms with Crippen LogP contribution < -0.4 is 4.90 Å². The Labute approximate surface area is 104 Å². The molecule has 1 aliphatic heterocycles. The highest BCUT2D eigenvalue weighted by Crippen LogP contribution is 2.30. The van der Waals surface area contributed by atoms with Gasteiger partial charge >= 0.3 is 0 Å². The summed E-state index contributed by atoms with van der Waals surface area (Å²) in [6.45, 7) is 1.04. The van der Waals surface area contributed by atoms with Gasteiger partial charge in [0.15, 0.2) is 5.82 Å². The van der Waals surface area contributed by atoms with Crippen molar-refractivity contribution in [1.29, 1.82) is 0 Å². The smallest absolute Gasteiger partial charge is 0.277 e. The third kappa shape index (κ3) is 2.43. The zero-order valence-corrected chi connectivity index (χ0v) is 9.93. The molecule has 18 heavy (non-hydrogen) atoms. The van der Waals surface area contributed by atoms with E-state index < -0.39 is 17.3 Å². The van der Waals surface area contributed by atoms with Crippen LogP contribution in [0.2, 0.25) is 0 Å². The highest BCUT2D eigenvalue weighted by molar-refractivity contribution is 5.57. The lowest BCUT2D eigenvalue weighted by atomic mass is 10.1. The molecule has 0 aromatic heterocycles. The number of halogens is 1. The number of rotatable bonds is 3. The minimum atomic E-state index is -0.672. The summed E-state index contributed by atoms with van der Waals surface area (Å²) in [4.78, 5) is 11.9. The van der Waals surface area contributed by atoms with Gasteiger partial charge in [0.25, 0.3) is 5.69 Å². The van der Waals surface area contributed by atoms with Crippen molar-refractivity contribution in [3.63, 3.8) is 0 Å². The molecule has 2 rings (SSSR count). The lowest BCUT2D eigenvalue weighted by Crippen LogP contribution is -2.30. The number of aliphatic hydroxyl groups excluding tert-OH is 1.